The lowest BCUT2D eigenvalue weighted by atomic mass is 10.0. The molecule has 0 amide bonds. The molecule has 0 heterocycles. The van der Waals surface area contributed by atoms with Gasteiger partial charge in [-0.15, -0.1) is 0 Å². The summed E-state index contributed by atoms with van der Waals surface area (Å²) < 4.78 is 16.8. The molecule has 69 heavy (non-hydrogen) atoms. The molecule has 0 aliphatic rings. The molecule has 0 bridgehead atoms. The van der Waals surface area contributed by atoms with E-state index in [0.717, 1.165) is 64.2 Å². The van der Waals surface area contributed by atoms with Gasteiger partial charge < -0.3 is 14.2 Å². The summed E-state index contributed by atoms with van der Waals surface area (Å²) in [5.74, 6) is -0.847. The normalized spacial score (nSPS) is 12.1. The molecule has 0 aromatic carbocycles. The minimum absolute atomic E-state index is 0.0645. The summed E-state index contributed by atoms with van der Waals surface area (Å²) in [7, 11) is 0. The van der Waals surface area contributed by atoms with E-state index in [9.17, 15) is 14.4 Å². The quantitative estimate of drug-likeness (QED) is 0.0261. The van der Waals surface area contributed by atoms with Gasteiger partial charge in [0.05, 0.1) is 0 Å². The molecule has 0 spiro atoms. The van der Waals surface area contributed by atoms with E-state index in [1.807, 2.05) is 0 Å². The van der Waals surface area contributed by atoms with Gasteiger partial charge in [0.2, 0.25) is 0 Å². The van der Waals surface area contributed by atoms with Crippen molar-refractivity contribution in [1.29, 1.82) is 0 Å². The average molecular weight is 972 g/mol. The molecule has 6 heteroatoms. The van der Waals surface area contributed by atoms with Crippen LogP contribution in [0, 0.1) is 0 Å². The van der Waals surface area contributed by atoms with E-state index in [2.05, 4.69) is 45.1 Å². The number of rotatable bonds is 57. The highest BCUT2D eigenvalue weighted by atomic mass is 16.6. The molecule has 1 atom stereocenters. The van der Waals surface area contributed by atoms with E-state index in [4.69, 9.17) is 14.2 Å². The van der Waals surface area contributed by atoms with Crippen LogP contribution in [0.1, 0.15) is 342 Å². The predicted molar refractivity (Wildman–Crippen MR) is 298 cm³/mol. The lowest BCUT2D eigenvalue weighted by Gasteiger charge is -2.18. The lowest BCUT2D eigenvalue weighted by molar-refractivity contribution is -0.167. The zero-order chi connectivity index (χ0) is 50.0. The van der Waals surface area contributed by atoms with E-state index in [0.29, 0.717) is 19.3 Å². The molecule has 0 aliphatic carbocycles. The van der Waals surface area contributed by atoms with Crippen LogP contribution in [-0.4, -0.2) is 37.2 Å². The molecule has 0 fully saturated rings. The third kappa shape index (κ3) is 56.7. The summed E-state index contributed by atoms with van der Waals surface area (Å²) in [4.78, 5) is 38.0. The summed E-state index contributed by atoms with van der Waals surface area (Å²) in [6.07, 6.45) is 69.3. The van der Waals surface area contributed by atoms with Crippen molar-refractivity contribution in [2.75, 3.05) is 13.2 Å². The van der Waals surface area contributed by atoms with E-state index in [1.165, 1.54) is 238 Å². The zero-order valence-corrected chi connectivity index (χ0v) is 46.6. The van der Waals surface area contributed by atoms with Crippen molar-refractivity contribution in [3.63, 3.8) is 0 Å². The fourth-order valence-corrected chi connectivity index (χ4v) is 9.30. The second-order valence-electron chi connectivity index (χ2n) is 21.0. The Balaban J connectivity index is 3.97. The molecule has 0 N–H and O–H groups in total. The van der Waals surface area contributed by atoms with Gasteiger partial charge in [0.1, 0.15) is 13.2 Å². The molecule has 0 saturated carbocycles. The van der Waals surface area contributed by atoms with Gasteiger partial charge in [0.15, 0.2) is 6.10 Å². The topological polar surface area (TPSA) is 78.9 Å². The second kappa shape index (κ2) is 58.5. The van der Waals surface area contributed by atoms with E-state index < -0.39 is 6.10 Å². The Morgan fingerprint density at radius 2 is 0.522 bits per heavy atom. The Bertz CT molecular complexity index is 1110. The number of carbonyl (C=O) groups is 3. The molecule has 406 valence electrons. The summed E-state index contributed by atoms with van der Waals surface area (Å²) >= 11 is 0. The van der Waals surface area contributed by atoms with Crippen molar-refractivity contribution in [2.24, 2.45) is 0 Å². The minimum atomic E-state index is -0.762. The van der Waals surface area contributed by atoms with Gasteiger partial charge in [-0.1, -0.05) is 295 Å². The molecule has 0 aliphatic heterocycles. The number of hydrogen-bond donors (Lipinski definition) is 0. The van der Waals surface area contributed by atoms with Crippen LogP contribution in [-0.2, 0) is 28.6 Å². The Kier molecular flexibility index (Phi) is 56.7. The zero-order valence-electron chi connectivity index (χ0n) is 46.6. The Morgan fingerprint density at radius 1 is 0.290 bits per heavy atom. The molecule has 1 unspecified atom stereocenters. The van der Waals surface area contributed by atoms with Crippen LogP contribution in [0.4, 0.5) is 0 Å². The van der Waals surface area contributed by atoms with Gasteiger partial charge in [-0.3, -0.25) is 14.4 Å². The standard InChI is InChI=1S/C63H118O6/c1-4-7-10-13-16-19-22-23-24-25-26-27-28-29-30-31-32-33-34-35-36-37-38-39-40-41-42-45-47-50-53-56-62(65)68-59-60(69-63(66)57-54-51-48-44-21-18-15-12-9-6-3)58-67-61(64)55-52-49-46-43-20-17-14-11-8-5-2/h22-23,25-26,60H,4-21,24,27-59H2,1-3H3/b23-22-,26-25-. The van der Waals surface area contributed by atoms with Gasteiger partial charge in [0, 0.05) is 19.3 Å². The van der Waals surface area contributed by atoms with Crippen molar-refractivity contribution in [1.82, 2.24) is 0 Å². The third-order valence-corrected chi connectivity index (χ3v) is 14.0. The van der Waals surface area contributed by atoms with Crippen LogP contribution in [0.25, 0.3) is 0 Å². The Hall–Kier alpha value is -2.11. The second-order valence-corrected chi connectivity index (χ2v) is 21.0. The molecular weight excluding hydrogens is 853 g/mol. The van der Waals surface area contributed by atoms with Crippen LogP contribution in [0.5, 0.6) is 0 Å². The van der Waals surface area contributed by atoms with Crippen LogP contribution in [0.2, 0.25) is 0 Å². The van der Waals surface area contributed by atoms with E-state index >= 15 is 0 Å². The SMILES string of the molecule is CCCCCCC/C=C\C/C=C\CCCCCCCCCCCCCCCCCCCCCC(=O)OCC(COC(=O)CCCCCCCCCCCC)OC(=O)CCCCCCCCCCCC. The highest BCUT2D eigenvalue weighted by molar-refractivity contribution is 5.71. The number of ether oxygens (including phenoxy) is 3. The molecule has 0 saturated heterocycles. The predicted octanol–water partition coefficient (Wildman–Crippen LogP) is 20.7. The Morgan fingerprint density at radius 3 is 0.797 bits per heavy atom. The van der Waals surface area contributed by atoms with Crippen molar-refractivity contribution in [2.45, 2.75) is 348 Å². The van der Waals surface area contributed by atoms with Crippen LogP contribution in [0.15, 0.2) is 24.3 Å². The summed E-state index contributed by atoms with van der Waals surface area (Å²) in [5, 5.41) is 0. The fraction of sp³-hybridized carbons (Fsp3) is 0.889. The first-order valence-corrected chi connectivity index (χ1v) is 30.8. The monoisotopic (exact) mass is 971 g/mol. The third-order valence-electron chi connectivity index (χ3n) is 14.0. The first-order chi connectivity index (χ1) is 34.0. The van der Waals surface area contributed by atoms with E-state index in [-0.39, 0.29) is 31.1 Å². The van der Waals surface area contributed by atoms with Crippen molar-refractivity contribution in [3.8, 4) is 0 Å². The van der Waals surface area contributed by atoms with Crippen LogP contribution >= 0.6 is 0 Å². The summed E-state index contributed by atoms with van der Waals surface area (Å²) in [6, 6.07) is 0. The van der Waals surface area contributed by atoms with Crippen LogP contribution in [0.3, 0.4) is 0 Å². The number of unbranched alkanes of at least 4 members (excludes halogenated alkanes) is 42. The van der Waals surface area contributed by atoms with Gasteiger partial charge in [-0.05, 0) is 51.4 Å². The van der Waals surface area contributed by atoms with Crippen molar-refractivity contribution >= 4 is 17.9 Å². The average Bonchev–Trinajstić information content (AvgIpc) is 3.35. The summed E-state index contributed by atoms with van der Waals surface area (Å²) in [5.41, 5.74) is 0. The van der Waals surface area contributed by atoms with Gasteiger partial charge in [-0.25, -0.2) is 0 Å². The molecule has 0 aromatic rings. The first-order valence-electron chi connectivity index (χ1n) is 30.8. The number of hydrogen-bond acceptors (Lipinski definition) is 6. The Labute approximate surface area is 430 Å². The van der Waals surface area contributed by atoms with E-state index in [1.54, 1.807) is 0 Å². The lowest BCUT2D eigenvalue weighted by Crippen LogP contribution is -2.30. The molecule has 6 nitrogen and oxygen atoms in total. The summed E-state index contributed by atoms with van der Waals surface area (Å²) in [6.45, 7) is 6.65. The fourth-order valence-electron chi connectivity index (χ4n) is 9.30. The molecule has 0 radical (unpaired) electrons. The first kappa shape index (κ1) is 66.9. The minimum Gasteiger partial charge on any atom is -0.462 e. The van der Waals surface area contributed by atoms with Crippen molar-refractivity contribution in [3.05, 3.63) is 24.3 Å². The maximum Gasteiger partial charge on any atom is 0.306 e. The van der Waals surface area contributed by atoms with Gasteiger partial charge >= 0.3 is 17.9 Å². The highest BCUT2D eigenvalue weighted by Gasteiger charge is 2.19. The van der Waals surface area contributed by atoms with Crippen LogP contribution < -0.4 is 0 Å². The smallest absolute Gasteiger partial charge is 0.306 e. The number of esters is 3. The largest absolute Gasteiger partial charge is 0.462 e. The maximum atomic E-state index is 12.8. The van der Waals surface area contributed by atoms with Gasteiger partial charge in [0.25, 0.3) is 0 Å². The molecule has 0 aromatic heterocycles. The maximum absolute atomic E-state index is 12.8. The number of allylic oxidation sites excluding steroid dienone is 4. The molecular formula is C63H118O6. The number of carbonyl (C=O) groups excluding carboxylic acids is 3. The molecule has 0 rings (SSSR count). The van der Waals surface area contributed by atoms with Crippen molar-refractivity contribution < 1.29 is 28.6 Å². The highest BCUT2D eigenvalue weighted by Crippen LogP contribution is 2.17. The van der Waals surface area contributed by atoms with Gasteiger partial charge in [-0.2, -0.15) is 0 Å².